The van der Waals surface area contributed by atoms with Gasteiger partial charge in [-0.2, -0.15) is 0 Å². The lowest BCUT2D eigenvalue weighted by molar-refractivity contribution is -0.149. The second kappa shape index (κ2) is 4.58. The first-order valence-corrected chi connectivity index (χ1v) is 6.98. The van der Waals surface area contributed by atoms with Gasteiger partial charge in [-0.25, -0.2) is 4.98 Å². The van der Waals surface area contributed by atoms with Crippen molar-refractivity contribution in [2.75, 3.05) is 18.0 Å². The van der Waals surface area contributed by atoms with E-state index in [1.165, 1.54) is 6.92 Å². The lowest BCUT2D eigenvalue weighted by Crippen LogP contribution is -2.35. The summed E-state index contributed by atoms with van der Waals surface area (Å²) in [5.74, 6) is 0.298. The molecule has 3 rings (SSSR count). The van der Waals surface area contributed by atoms with Crippen molar-refractivity contribution in [1.29, 1.82) is 0 Å². The number of carboxylic acid groups (broad SMARTS) is 1. The fourth-order valence-corrected chi connectivity index (χ4v) is 3.59. The summed E-state index contributed by atoms with van der Waals surface area (Å²) in [6, 6.07) is 3.57. The number of anilines is 1. The summed E-state index contributed by atoms with van der Waals surface area (Å²) < 4.78 is 0. The summed E-state index contributed by atoms with van der Waals surface area (Å²) in [6.07, 6.45) is 4.31. The van der Waals surface area contributed by atoms with Crippen molar-refractivity contribution in [3.05, 3.63) is 23.9 Å². The van der Waals surface area contributed by atoms with Gasteiger partial charge in [0, 0.05) is 24.8 Å². The molecule has 0 unspecified atom stereocenters. The van der Waals surface area contributed by atoms with Gasteiger partial charge >= 0.3 is 5.97 Å². The quantitative estimate of drug-likeness (QED) is 0.853. The minimum atomic E-state index is -0.678. The molecule has 1 aromatic heterocycles. The Kier molecular flexibility index (Phi) is 3.00. The van der Waals surface area contributed by atoms with Gasteiger partial charge in [-0.1, -0.05) is 6.42 Å². The Hall–Kier alpha value is -1.91. The van der Waals surface area contributed by atoms with Crippen LogP contribution in [-0.2, 0) is 4.79 Å². The molecule has 20 heavy (non-hydrogen) atoms. The van der Waals surface area contributed by atoms with Crippen molar-refractivity contribution in [3.8, 4) is 0 Å². The Labute approximate surface area is 117 Å². The summed E-state index contributed by atoms with van der Waals surface area (Å²) in [7, 11) is 0. The van der Waals surface area contributed by atoms with Gasteiger partial charge in [-0.05, 0) is 37.8 Å². The molecule has 2 atom stereocenters. The third-order valence-corrected chi connectivity index (χ3v) is 4.78. The van der Waals surface area contributed by atoms with Crippen molar-refractivity contribution >= 4 is 17.6 Å². The molecule has 0 bridgehead atoms. The number of Topliss-reactive ketones (excluding diaryl/α,β-unsaturated/α-hetero) is 1. The maximum Gasteiger partial charge on any atom is 0.311 e. The molecule has 0 spiro atoms. The van der Waals surface area contributed by atoms with Gasteiger partial charge in [0.15, 0.2) is 5.78 Å². The van der Waals surface area contributed by atoms with Crippen LogP contribution < -0.4 is 4.90 Å². The minimum Gasteiger partial charge on any atom is -0.481 e. The Balaban J connectivity index is 1.83. The molecule has 2 fully saturated rings. The summed E-state index contributed by atoms with van der Waals surface area (Å²) in [5.41, 5.74) is -0.0120. The van der Waals surface area contributed by atoms with Crippen molar-refractivity contribution in [1.82, 2.24) is 4.98 Å². The van der Waals surface area contributed by atoms with Gasteiger partial charge in [0.1, 0.15) is 5.82 Å². The van der Waals surface area contributed by atoms with Crippen LogP contribution in [0.25, 0.3) is 0 Å². The van der Waals surface area contributed by atoms with E-state index >= 15 is 0 Å². The second-order valence-electron chi connectivity index (χ2n) is 5.89. The van der Waals surface area contributed by atoms with E-state index in [0.717, 1.165) is 31.6 Å². The van der Waals surface area contributed by atoms with Crippen LogP contribution in [-0.4, -0.2) is 34.9 Å². The molecule has 1 aliphatic heterocycles. The SMILES string of the molecule is CC(=O)c1ccc(N2C[C@@H]3CCC[C@@]3(C(=O)O)C2)nc1. The number of aromatic nitrogens is 1. The van der Waals surface area contributed by atoms with Crippen LogP contribution in [0.2, 0.25) is 0 Å². The van der Waals surface area contributed by atoms with E-state index in [0.29, 0.717) is 12.1 Å². The summed E-state index contributed by atoms with van der Waals surface area (Å²) >= 11 is 0. The normalized spacial score (nSPS) is 28.4. The number of nitrogens with zero attached hydrogens (tertiary/aromatic N) is 2. The maximum atomic E-state index is 11.6. The van der Waals surface area contributed by atoms with Crippen molar-refractivity contribution in [2.24, 2.45) is 11.3 Å². The zero-order chi connectivity index (χ0) is 14.3. The first-order valence-electron chi connectivity index (χ1n) is 6.98. The van der Waals surface area contributed by atoms with Gasteiger partial charge in [0.05, 0.1) is 5.41 Å². The number of aliphatic carboxylic acids is 1. The third kappa shape index (κ3) is 1.88. The van der Waals surface area contributed by atoms with Crippen LogP contribution in [0, 0.1) is 11.3 Å². The zero-order valence-electron chi connectivity index (χ0n) is 11.5. The van der Waals surface area contributed by atoms with E-state index in [1.54, 1.807) is 12.3 Å². The number of carboxylic acids is 1. The minimum absolute atomic E-state index is 0.00986. The van der Waals surface area contributed by atoms with Crippen molar-refractivity contribution in [3.63, 3.8) is 0 Å². The van der Waals surface area contributed by atoms with Crippen LogP contribution in [0.4, 0.5) is 5.82 Å². The molecule has 1 aliphatic carbocycles. The monoisotopic (exact) mass is 274 g/mol. The predicted molar refractivity (Wildman–Crippen MR) is 73.9 cm³/mol. The van der Waals surface area contributed by atoms with E-state index in [1.807, 2.05) is 11.0 Å². The standard InChI is InChI=1S/C15H18N2O3/c1-10(18)11-4-5-13(16-7-11)17-8-12-3-2-6-15(12,9-17)14(19)20/h4-5,7,12H,2-3,6,8-9H2,1H3,(H,19,20)/t12-,15+/m0/s1. The number of pyridine rings is 1. The summed E-state index contributed by atoms with van der Waals surface area (Å²) in [4.78, 5) is 29.2. The number of carbonyl (C=O) groups excluding carboxylic acids is 1. The van der Waals surface area contributed by atoms with Crippen molar-refractivity contribution in [2.45, 2.75) is 26.2 Å². The summed E-state index contributed by atoms with van der Waals surface area (Å²) in [5, 5.41) is 9.56. The van der Waals surface area contributed by atoms with E-state index in [4.69, 9.17) is 0 Å². The molecule has 2 aliphatic rings. The second-order valence-corrected chi connectivity index (χ2v) is 5.89. The number of fused-ring (bicyclic) bond motifs is 1. The largest absolute Gasteiger partial charge is 0.481 e. The Morgan fingerprint density at radius 3 is 2.80 bits per heavy atom. The maximum absolute atomic E-state index is 11.6. The van der Waals surface area contributed by atoms with Gasteiger partial charge in [0.25, 0.3) is 0 Å². The molecule has 0 amide bonds. The van der Waals surface area contributed by atoms with E-state index in [-0.39, 0.29) is 11.7 Å². The predicted octanol–water partition coefficient (Wildman–Crippen LogP) is 1.98. The summed E-state index contributed by atoms with van der Waals surface area (Å²) in [6.45, 7) is 2.79. The molecule has 1 saturated heterocycles. The molecule has 1 N–H and O–H groups in total. The van der Waals surface area contributed by atoms with Crippen LogP contribution in [0.5, 0.6) is 0 Å². The van der Waals surface area contributed by atoms with Gasteiger partial charge in [-0.15, -0.1) is 0 Å². The van der Waals surface area contributed by atoms with Gasteiger partial charge < -0.3 is 10.0 Å². The van der Waals surface area contributed by atoms with Crippen LogP contribution in [0.3, 0.4) is 0 Å². The molecular formula is C15H18N2O3. The average molecular weight is 274 g/mol. The number of carbonyl (C=O) groups is 2. The molecule has 2 heterocycles. The zero-order valence-corrected chi connectivity index (χ0v) is 11.5. The topological polar surface area (TPSA) is 70.5 Å². The Bertz CT molecular complexity index is 555. The molecule has 1 saturated carbocycles. The van der Waals surface area contributed by atoms with Crippen molar-refractivity contribution < 1.29 is 14.7 Å². The highest BCUT2D eigenvalue weighted by atomic mass is 16.4. The highest BCUT2D eigenvalue weighted by Gasteiger charge is 2.55. The van der Waals surface area contributed by atoms with Gasteiger partial charge in [0.2, 0.25) is 0 Å². The molecule has 1 aromatic rings. The van der Waals surface area contributed by atoms with E-state index in [9.17, 15) is 14.7 Å². The molecular weight excluding hydrogens is 256 g/mol. The number of ketones is 1. The number of hydrogen-bond donors (Lipinski definition) is 1. The molecule has 0 radical (unpaired) electrons. The molecule has 5 nitrogen and oxygen atoms in total. The average Bonchev–Trinajstić information content (AvgIpc) is 2.96. The molecule has 106 valence electrons. The molecule has 5 heteroatoms. The third-order valence-electron chi connectivity index (χ3n) is 4.78. The highest BCUT2D eigenvalue weighted by molar-refractivity contribution is 5.93. The molecule has 0 aromatic carbocycles. The fourth-order valence-electron chi connectivity index (χ4n) is 3.59. The van der Waals surface area contributed by atoms with Crippen LogP contribution in [0.1, 0.15) is 36.5 Å². The number of rotatable bonds is 3. The number of hydrogen-bond acceptors (Lipinski definition) is 4. The van der Waals surface area contributed by atoms with Crippen LogP contribution >= 0.6 is 0 Å². The van der Waals surface area contributed by atoms with E-state index < -0.39 is 11.4 Å². The lowest BCUT2D eigenvalue weighted by atomic mass is 9.81. The first-order chi connectivity index (χ1) is 9.53. The Morgan fingerprint density at radius 2 is 2.25 bits per heavy atom. The van der Waals surface area contributed by atoms with Gasteiger partial charge in [-0.3, -0.25) is 9.59 Å². The smallest absolute Gasteiger partial charge is 0.311 e. The van der Waals surface area contributed by atoms with E-state index in [2.05, 4.69) is 4.98 Å². The fraction of sp³-hybridized carbons (Fsp3) is 0.533. The lowest BCUT2D eigenvalue weighted by Gasteiger charge is -2.23. The Morgan fingerprint density at radius 1 is 1.45 bits per heavy atom. The highest BCUT2D eigenvalue weighted by Crippen LogP contribution is 2.49. The van der Waals surface area contributed by atoms with Crippen LogP contribution in [0.15, 0.2) is 18.3 Å². The first kappa shape index (κ1) is 13.1.